The molecule has 0 bridgehead atoms. The molecule has 4 saturated carbocycles. The number of nitrogens with zero attached hydrogens (tertiary/aromatic N) is 1. The second-order valence-electron chi connectivity index (χ2n) is 21.3. The van der Waals surface area contributed by atoms with Gasteiger partial charge in [-0.15, -0.1) is 12.4 Å². The monoisotopic (exact) mass is 1090 g/mol. The summed E-state index contributed by atoms with van der Waals surface area (Å²) in [5.41, 5.74) is 2.01. The van der Waals surface area contributed by atoms with E-state index in [-0.39, 0.29) is 83.1 Å². The standard InChI is InChI=1S/C27H36N2O3S.C16H24N2O2S.C11H14O5S.ClH.Na/c1-3-13-33(31,32)28-23-12-8-11-22(14-23)27(4-2)24-17-29(18-25(24)27)19-26(30)15-21(16-26)20-9-6-5-7-10-20;1-3-8-21(19,20)18-13-7-5-6-12(9-13)16(4-2)14-10-17-11-15(14)16;12-10(17(14,15)16)11(13)6-9(7-11)8-4-2-1-3-5-8;;/h5-12,14,21,24-25,28,30H,3-4,13,15-19H2,1-2H3;5-7,9,14-15,17-18H,3-4,8,10-11H2,1-2H3;1-5,9-10,12-13H,6-7H2,(H,14,15,16);1H;/q;;;;+1/p-1/t21?,24-,25+,26?,27?;14-,15+,16?;;;. The summed E-state index contributed by atoms with van der Waals surface area (Å²) in [7, 11) is -11.4. The van der Waals surface area contributed by atoms with Gasteiger partial charge in [0.15, 0.2) is 5.44 Å². The number of aliphatic hydroxyl groups excluding tert-OH is 1. The van der Waals surface area contributed by atoms with Crippen molar-refractivity contribution in [1.29, 1.82) is 0 Å². The van der Waals surface area contributed by atoms with E-state index < -0.39 is 46.8 Å². The molecule has 4 aromatic rings. The van der Waals surface area contributed by atoms with Gasteiger partial charge in [-0.1, -0.05) is 113 Å². The minimum absolute atomic E-state index is 0. The van der Waals surface area contributed by atoms with Gasteiger partial charge < -0.3 is 25.2 Å². The molecule has 14 nitrogen and oxygen atoms in total. The molecular formula is C54H74ClN4NaO10S3. The number of β-amino-alcohol motifs (C(OH)–C–C–N with tert-alkyl or cyclic N) is 1. The Labute approximate surface area is 462 Å². The molecule has 19 heteroatoms. The fraction of sp³-hybridized carbons (Fsp3) is 0.556. The molecule has 73 heavy (non-hydrogen) atoms. The Kier molecular flexibility index (Phi) is 19.2. The average molecular weight is 1090 g/mol. The first-order valence-corrected chi connectivity index (χ1v) is 30.2. The van der Waals surface area contributed by atoms with Gasteiger partial charge in [0.2, 0.25) is 20.0 Å². The van der Waals surface area contributed by atoms with Gasteiger partial charge >= 0.3 is 29.6 Å². The molecule has 396 valence electrons. The second-order valence-corrected chi connectivity index (χ2v) is 26.4. The summed E-state index contributed by atoms with van der Waals surface area (Å²) in [5.74, 6) is 3.36. The van der Waals surface area contributed by atoms with Gasteiger partial charge in [-0.05, 0) is 146 Å². The number of nitrogens with one attached hydrogen (secondary N) is 3. The smallest absolute Gasteiger partial charge is 0.746 e. The van der Waals surface area contributed by atoms with Crippen LogP contribution in [0.15, 0.2) is 109 Å². The predicted octanol–water partition coefficient (Wildman–Crippen LogP) is 4.28. The molecule has 4 aliphatic carbocycles. The number of fused-ring (bicyclic) bond motifs is 2. The summed E-state index contributed by atoms with van der Waals surface area (Å²) < 4.78 is 85.7. The number of anilines is 2. The molecule has 0 amide bonds. The first-order chi connectivity index (χ1) is 33.6. The van der Waals surface area contributed by atoms with Crippen LogP contribution in [0.1, 0.15) is 113 Å². The van der Waals surface area contributed by atoms with E-state index in [2.05, 4.69) is 69.9 Å². The summed E-state index contributed by atoms with van der Waals surface area (Å²) >= 11 is 0. The number of sulfonamides is 2. The van der Waals surface area contributed by atoms with Crippen molar-refractivity contribution in [3.8, 4) is 0 Å². The normalized spacial score (nSPS) is 31.1. The zero-order valence-corrected chi connectivity index (χ0v) is 48.1. The van der Waals surface area contributed by atoms with Crippen LogP contribution in [-0.2, 0) is 41.0 Å². The molecule has 6 aliphatic rings. The average Bonchev–Trinajstić information content (AvgIpc) is 3.86. The zero-order valence-electron chi connectivity index (χ0n) is 42.8. The number of benzene rings is 4. The third-order valence-electron chi connectivity index (χ3n) is 16.7. The van der Waals surface area contributed by atoms with E-state index in [0.29, 0.717) is 53.8 Å². The van der Waals surface area contributed by atoms with Gasteiger partial charge in [-0.25, -0.2) is 25.3 Å². The van der Waals surface area contributed by atoms with Crippen LogP contribution in [0.25, 0.3) is 0 Å². The maximum atomic E-state index is 12.2. The Morgan fingerprint density at radius 3 is 1.44 bits per heavy atom. The summed E-state index contributed by atoms with van der Waals surface area (Å²) in [6.45, 7) is 13.2. The van der Waals surface area contributed by atoms with Crippen molar-refractivity contribution in [1.82, 2.24) is 10.2 Å². The van der Waals surface area contributed by atoms with Gasteiger partial charge in [-0.3, -0.25) is 14.3 Å². The van der Waals surface area contributed by atoms with E-state index in [9.17, 15) is 45.1 Å². The number of hydrogen-bond donors (Lipinski definition) is 6. The van der Waals surface area contributed by atoms with Crippen molar-refractivity contribution in [2.75, 3.05) is 53.7 Å². The Bertz CT molecular complexity index is 2800. The van der Waals surface area contributed by atoms with Crippen LogP contribution in [-0.4, -0.2) is 111 Å². The Balaban J connectivity index is 0.000000188. The molecule has 4 aromatic carbocycles. The van der Waals surface area contributed by atoms with E-state index in [0.717, 1.165) is 64.0 Å². The summed E-state index contributed by atoms with van der Waals surface area (Å²) in [6.07, 6.45) is 5.27. The Hall–Kier alpha value is -2.62. The fourth-order valence-electron chi connectivity index (χ4n) is 13.2. The van der Waals surface area contributed by atoms with Crippen molar-refractivity contribution in [3.63, 3.8) is 0 Å². The van der Waals surface area contributed by atoms with Crippen LogP contribution < -0.4 is 44.3 Å². The number of piperidine rings is 2. The number of halogens is 1. The topological polar surface area (TPSA) is 225 Å². The van der Waals surface area contributed by atoms with Gasteiger partial charge in [0.1, 0.15) is 15.7 Å². The minimum Gasteiger partial charge on any atom is -0.746 e. The molecule has 10 rings (SSSR count). The Morgan fingerprint density at radius 1 is 0.630 bits per heavy atom. The molecule has 0 radical (unpaired) electrons. The van der Waals surface area contributed by atoms with Crippen LogP contribution in [0.5, 0.6) is 0 Å². The third kappa shape index (κ3) is 12.9. The Morgan fingerprint density at radius 2 is 1.04 bits per heavy atom. The predicted molar refractivity (Wildman–Crippen MR) is 285 cm³/mol. The number of rotatable bonds is 18. The first kappa shape index (κ1) is 59.6. The van der Waals surface area contributed by atoms with E-state index in [4.69, 9.17) is 0 Å². The largest absolute Gasteiger partial charge is 1.00 e. The van der Waals surface area contributed by atoms with Crippen LogP contribution in [0.3, 0.4) is 0 Å². The van der Waals surface area contributed by atoms with Crippen molar-refractivity contribution in [3.05, 3.63) is 131 Å². The molecule has 6 N–H and O–H groups in total. The molecule has 3 unspecified atom stereocenters. The quantitative estimate of drug-likeness (QED) is 0.0607. The molecular weight excluding hydrogens is 1020 g/mol. The number of likely N-dealkylation sites (tertiary alicyclic amines) is 1. The SMILES string of the molecule is CCCS(=O)(=O)Nc1cccc(C2(CC)[C@@H]3CN(CC4(O)CC(c5ccccc5)C4)C[C@@H]32)c1.CCCS(=O)(=O)Nc1cccc(C2(CC)[C@@H]3CNC[C@@H]32)c1.Cl.O=S(=O)([O-])C(O)C1(O)CC(c2ccccc2)C1.[Na+]. The third-order valence-corrected chi connectivity index (χ3v) is 20.7. The molecule has 6 fully saturated rings. The van der Waals surface area contributed by atoms with Crippen LogP contribution in [0, 0.1) is 23.7 Å². The minimum atomic E-state index is -4.87. The van der Waals surface area contributed by atoms with Gasteiger partial charge in [0.05, 0.1) is 17.1 Å². The summed E-state index contributed by atoms with van der Waals surface area (Å²) in [4.78, 5) is 2.46. The van der Waals surface area contributed by atoms with Crippen LogP contribution in [0.4, 0.5) is 11.4 Å². The summed E-state index contributed by atoms with van der Waals surface area (Å²) in [6, 6.07) is 35.8. The second kappa shape index (κ2) is 23.5. The van der Waals surface area contributed by atoms with E-state index in [1.807, 2.05) is 86.6 Å². The zero-order chi connectivity index (χ0) is 51.0. The van der Waals surface area contributed by atoms with Crippen molar-refractivity contribution in [2.24, 2.45) is 23.7 Å². The van der Waals surface area contributed by atoms with Crippen molar-refractivity contribution >= 4 is 53.9 Å². The number of hydrogen-bond acceptors (Lipinski definition) is 12. The van der Waals surface area contributed by atoms with Crippen molar-refractivity contribution < 1.29 is 74.7 Å². The summed E-state index contributed by atoms with van der Waals surface area (Å²) in [5, 5.41) is 33.6. The maximum absolute atomic E-state index is 12.2. The van der Waals surface area contributed by atoms with E-state index in [1.54, 1.807) is 0 Å². The van der Waals surface area contributed by atoms with E-state index >= 15 is 0 Å². The fourth-order valence-corrected chi connectivity index (χ4v) is 16.2. The molecule has 2 heterocycles. The van der Waals surface area contributed by atoms with E-state index in [1.165, 1.54) is 16.7 Å². The van der Waals surface area contributed by atoms with Gasteiger partial charge in [0.25, 0.3) is 0 Å². The molecule has 2 saturated heterocycles. The molecule has 0 spiro atoms. The first-order valence-electron chi connectivity index (χ1n) is 25.5. The molecule has 7 atom stereocenters. The van der Waals surface area contributed by atoms with Crippen LogP contribution in [0.2, 0.25) is 0 Å². The van der Waals surface area contributed by atoms with Gasteiger partial charge in [0, 0.05) is 41.8 Å². The molecule has 2 aliphatic heterocycles. The van der Waals surface area contributed by atoms with Crippen molar-refractivity contribution in [2.45, 2.75) is 118 Å². The number of aliphatic hydroxyl groups is 3. The van der Waals surface area contributed by atoms with Crippen LogP contribution >= 0.6 is 12.4 Å². The maximum Gasteiger partial charge on any atom is 1.00 e. The molecule has 0 aromatic heterocycles. The van der Waals surface area contributed by atoms with Gasteiger partial charge in [-0.2, -0.15) is 0 Å².